The molecule has 0 spiro atoms. The van der Waals surface area contributed by atoms with Crippen LogP contribution in [0.15, 0.2) is 34.9 Å². The van der Waals surface area contributed by atoms with Crippen LogP contribution in [0.1, 0.15) is 0 Å². The Morgan fingerprint density at radius 1 is 1.40 bits per heavy atom. The van der Waals surface area contributed by atoms with E-state index in [1.165, 1.54) is 0 Å². The molecule has 0 unspecified atom stereocenters. The average molecular weight is 268 g/mol. The van der Waals surface area contributed by atoms with Crippen LogP contribution in [0.5, 0.6) is 5.75 Å². The Balaban J connectivity index is 2.50. The van der Waals surface area contributed by atoms with Gasteiger partial charge in [0.25, 0.3) is 0 Å². The number of methoxy groups -OCH3 is 1. The average Bonchev–Trinajstić information content (AvgIpc) is 2.25. The first-order valence-electron chi connectivity index (χ1n) is 4.47. The summed E-state index contributed by atoms with van der Waals surface area (Å²) in [6.07, 6.45) is 1.75. The van der Waals surface area contributed by atoms with E-state index in [2.05, 4.69) is 20.9 Å². The maximum atomic E-state index is 5.43. The molecule has 0 aliphatic carbocycles. The van der Waals surface area contributed by atoms with E-state index in [1.54, 1.807) is 13.3 Å². The van der Waals surface area contributed by atoms with E-state index in [4.69, 9.17) is 9.47 Å². The van der Waals surface area contributed by atoms with E-state index >= 15 is 0 Å². The van der Waals surface area contributed by atoms with E-state index in [1.807, 2.05) is 24.3 Å². The predicted octanol–water partition coefficient (Wildman–Crippen LogP) is 2.98. The highest BCUT2D eigenvalue weighted by atomic mass is 79.9. The third kappa shape index (κ3) is 2.27. The molecule has 4 heteroatoms. The fourth-order valence-corrected chi connectivity index (χ4v) is 1.81. The molecule has 2 rings (SSSR count). The first-order chi connectivity index (χ1) is 7.31. The Hall–Kier alpha value is -1.13. The summed E-state index contributed by atoms with van der Waals surface area (Å²) in [5.41, 5.74) is 0.845. The van der Waals surface area contributed by atoms with Crippen LogP contribution in [0.3, 0.4) is 0 Å². The number of aromatic nitrogens is 1. The highest BCUT2D eigenvalue weighted by molar-refractivity contribution is 9.10. The van der Waals surface area contributed by atoms with Crippen molar-refractivity contribution in [3.8, 4) is 5.75 Å². The first kappa shape index (κ1) is 10.4. The quantitative estimate of drug-likeness (QED) is 0.802. The van der Waals surface area contributed by atoms with Gasteiger partial charge in [0, 0.05) is 23.2 Å². The number of hydrogen-bond donors (Lipinski definition) is 0. The van der Waals surface area contributed by atoms with Crippen molar-refractivity contribution in [1.82, 2.24) is 4.98 Å². The van der Waals surface area contributed by atoms with Crippen molar-refractivity contribution >= 4 is 26.8 Å². The summed E-state index contributed by atoms with van der Waals surface area (Å²) < 4.78 is 11.3. The van der Waals surface area contributed by atoms with Crippen molar-refractivity contribution in [1.29, 1.82) is 0 Å². The van der Waals surface area contributed by atoms with Gasteiger partial charge >= 0.3 is 0 Å². The van der Waals surface area contributed by atoms with Gasteiger partial charge in [-0.3, -0.25) is 4.98 Å². The third-order valence-electron chi connectivity index (χ3n) is 1.97. The molecule has 0 bridgehead atoms. The number of nitrogens with zero attached hydrogens (tertiary/aromatic N) is 1. The smallest absolute Gasteiger partial charge is 0.188 e. The Morgan fingerprint density at radius 2 is 2.27 bits per heavy atom. The lowest BCUT2D eigenvalue weighted by Gasteiger charge is -2.07. The standard InChI is InChI=1S/C11H10BrNO2/c1-14-7-15-10-6-9(12)5-8-3-2-4-13-11(8)10/h2-6H,7H2,1H3. The van der Waals surface area contributed by atoms with Gasteiger partial charge in [-0.1, -0.05) is 22.0 Å². The molecule has 0 radical (unpaired) electrons. The molecule has 0 saturated heterocycles. The van der Waals surface area contributed by atoms with Crippen molar-refractivity contribution in [3.05, 3.63) is 34.9 Å². The molecule has 1 aromatic heterocycles. The zero-order valence-electron chi connectivity index (χ0n) is 8.24. The summed E-state index contributed by atoms with van der Waals surface area (Å²) in [5, 5.41) is 1.04. The molecule has 0 N–H and O–H groups in total. The number of ether oxygens (including phenoxy) is 2. The minimum atomic E-state index is 0.224. The van der Waals surface area contributed by atoms with Gasteiger partial charge < -0.3 is 9.47 Å². The van der Waals surface area contributed by atoms with Gasteiger partial charge in [0.2, 0.25) is 0 Å². The van der Waals surface area contributed by atoms with Gasteiger partial charge in [-0.25, -0.2) is 0 Å². The van der Waals surface area contributed by atoms with Crippen LogP contribution in [0, 0.1) is 0 Å². The number of halogens is 1. The zero-order chi connectivity index (χ0) is 10.7. The van der Waals surface area contributed by atoms with Crippen LogP contribution in [-0.4, -0.2) is 18.9 Å². The van der Waals surface area contributed by atoms with Crippen LogP contribution < -0.4 is 4.74 Å². The molecule has 1 heterocycles. The van der Waals surface area contributed by atoms with Gasteiger partial charge in [-0.05, 0) is 18.2 Å². The second-order valence-electron chi connectivity index (χ2n) is 3.03. The summed E-state index contributed by atoms with van der Waals surface area (Å²) in [6, 6.07) is 7.78. The van der Waals surface area contributed by atoms with Gasteiger partial charge in [0.15, 0.2) is 6.79 Å². The number of pyridine rings is 1. The third-order valence-corrected chi connectivity index (χ3v) is 2.42. The molecule has 0 aliphatic heterocycles. The molecule has 1 aromatic carbocycles. The molecular weight excluding hydrogens is 258 g/mol. The fraction of sp³-hybridized carbons (Fsp3) is 0.182. The normalized spacial score (nSPS) is 10.5. The molecule has 0 amide bonds. The van der Waals surface area contributed by atoms with Crippen molar-refractivity contribution in [2.45, 2.75) is 0 Å². The van der Waals surface area contributed by atoms with Crippen LogP contribution in [0.2, 0.25) is 0 Å². The summed E-state index contributed by atoms with van der Waals surface area (Å²) in [4.78, 5) is 4.27. The molecule has 0 aliphatic rings. The zero-order valence-corrected chi connectivity index (χ0v) is 9.82. The first-order valence-corrected chi connectivity index (χ1v) is 5.26. The maximum absolute atomic E-state index is 5.43. The molecule has 78 valence electrons. The predicted molar refractivity (Wildman–Crippen MR) is 61.9 cm³/mol. The summed E-state index contributed by atoms with van der Waals surface area (Å²) in [6.45, 7) is 0.224. The van der Waals surface area contributed by atoms with Gasteiger partial charge in [0.1, 0.15) is 11.3 Å². The van der Waals surface area contributed by atoms with Gasteiger partial charge in [0.05, 0.1) is 0 Å². The minimum Gasteiger partial charge on any atom is -0.465 e. The van der Waals surface area contributed by atoms with Crippen molar-refractivity contribution in [3.63, 3.8) is 0 Å². The minimum absolute atomic E-state index is 0.224. The van der Waals surface area contributed by atoms with Gasteiger partial charge in [-0.15, -0.1) is 0 Å². The fourth-order valence-electron chi connectivity index (χ4n) is 1.36. The van der Waals surface area contributed by atoms with E-state index in [-0.39, 0.29) is 6.79 Å². The highest BCUT2D eigenvalue weighted by Gasteiger charge is 2.04. The molecule has 2 aromatic rings. The number of rotatable bonds is 3. The largest absolute Gasteiger partial charge is 0.465 e. The Kier molecular flexibility index (Phi) is 3.18. The second-order valence-corrected chi connectivity index (χ2v) is 3.95. The molecule has 0 saturated carbocycles. The Bertz CT molecular complexity index is 473. The van der Waals surface area contributed by atoms with Crippen LogP contribution in [0.25, 0.3) is 10.9 Å². The lowest BCUT2D eigenvalue weighted by molar-refractivity contribution is 0.0520. The SMILES string of the molecule is COCOc1cc(Br)cc2cccnc12. The van der Waals surface area contributed by atoms with E-state index in [0.29, 0.717) is 0 Å². The monoisotopic (exact) mass is 267 g/mol. The molecule has 3 nitrogen and oxygen atoms in total. The summed E-state index contributed by atoms with van der Waals surface area (Å²) in [7, 11) is 1.59. The van der Waals surface area contributed by atoms with Crippen LogP contribution in [0.4, 0.5) is 0 Å². The Labute approximate surface area is 96.2 Å². The van der Waals surface area contributed by atoms with Crippen molar-refractivity contribution in [2.75, 3.05) is 13.9 Å². The van der Waals surface area contributed by atoms with Crippen molar-refractivity contribution in [2.24, 2.45) is 0 Å². The summed E-state index contributed by atoms with van der Waals surface area (Å²) >= 11 is 3.43. The molecule has 15 heavy (non-hydrogen) atoms. The van der Waals surface area contributed by atoms with E-state index in [9.17, 15) is 0 Å². The van der Waals surface area contributed by atoms with E-state index in [0.717, 1.165) is 21.1 Å². The topological polar surface area (TPSA) is 31.4 Å². The number of fused-ring (bicyclic) bond motifs is 1. The molecule has 0 atom stereocenters. The maximum Gasteiger partial charge on any atom is 0.188 e. The Morgan fingerprint density at radius 3 is 3.07 bits per heavy atom. The number of benzene rings is 1. The lowest BCUT2D eigenvalue weighted by Crippen LogP contribution is -1.99. The highest BCUT2D eigenvalue weighted by Crippen LogP contribution is 2.28. The number of hydrogen-bond acceptors (Lipinski definition) is 3. The lowest BCUT2D eigenvalue weighted by atomic mass is 10.2. The van der Waals surface area contributed by atoms with Gasteiger partial charge in [-0.2, -0.15) is 0 Å². The van der Waals surface area contributed by atoms with E-state index < -0.39 is 0 Å². The second kappa shape index (κ2) is 4.59. The molecule has 0 fully saturated rings. The molecular formula is C11H10BrNO2. The summed E-state index contributed by atoms with van der Waals surface area (Å²) in [5.74, 6) is 0.724. The van der Waals surface area contributed by atoms with Crippen molar-refractivity contribution < 1.29 is 9.47 Å². The van der Waals surface area contributed by atoms with Crippen LogP contribution >= 0.6 is 15.9 Å². The van der Waals surface area contributed by atoms with Crippen LogP contribution in [-0.2, 0) is 4.74 Å².